The number of nitrogens with zero attached hydrogens (tertiary/aromatic N) is 2. The van der Waals surface area contributed by atoms with Crippen molar-refractivity contribution in [1.82, 2.24) is 4.98 Å². The lowest BCUT2D eigenvalue weighted by Crippen LogP contribution is -2.11. The summed E-state index contributed by atoms with van der Waals surface area (Å²) in [4.78, 5) is 7.63. The summed E-state index contributed by atoms with van der Waals surface area (Å²) in [5, 5.41) is 5.93. The number of anilines is 3. The Morgan fingerprint density at radius 1 is 0.469 bits per heavy atom. The summed E-state index contributed by atoms with van der Waals surface area (Å²) in [7, 11) is 0. The predicted molar refractivity (Wildman–Crippen MR) is 207 cm³/mol. The van der Waals surface area contributed by atoms with Crippen LogP contribution in [-0.4, -0.2) is 4.98 Å². The Balaban J connectivity index is 1.11. The summed E-state index contributed by atoms with van der Waals surface area (Å²) in [5.41, 5.74) is 9.48. The summed E-state index contributed by atoms with van der Waals surface area (Å²) >= 11 is 1.80. The average molecular weight is 645 g/mol. The van der Waals surface area contributed by atoms with Crippen molar-refractivity contribution in [3.05, 3.63) is 170 Å². The normalized spacial score (nSPS) is 11.7. The highest BCUT2D eigenvalue weighted by molar-refractivity contribution is 7.25. The number of fused-ring (bicyclic) bond motifs is 7. The van der Waals surface area contributed by atoms with Gasteiger partial charge in [0.25, 0.3) is 0 Å². The second kappa shape index (κ2) is 11.2. The Bertz CT molecular complexity index is 2810. The number of hydrogen-bond acceptors (Lipinski definition) is 4. The Labute approximate surface area is 286 Å². The standard InChI is InChI=1S/C45H28N2OS/c1-2-9-29(10-3-1)30-17-21-34(22-18-30)47(43-26-25-41-44(46-43)39-27-32-11-4-5-12-33(32)28-42(39)49-41)35-23-19-31(20-24-35)36-14-8-15-38-37-13-6-7-16-40(37)48-45(36)38/h1-28H. The molecule has 0 bridgehead atoms. The van der Waals surface area contributed by atoms with E-state index in [-0.39, 0.29) is 0 Å². The zero-order valence-electron chi connectivity index (χ0n) is 26.4. The molecule has 4 heteroatoms. The second-order valence-electron chi connectivity index (χ2n) is 12.4. The van der Waals surface area contributed by atoms with Gasteiger partial charge in [-0.15, -0.1) is 11.3 Å². The number of para-hydroxylation sites is 2. The van der Waals surface area contributed by atoms with Gasteiger partial charge in [0.05, 0.1) is 10.2 Å². The number of pyridine rings is 1. The number of thiophene rings is 1. The molecule has 0 saturated heterocycles. The van der Waals surface area contributed by atoms with Crippen molar-refractivity contribution in [2.24, 2.45) is 0 Å². The van der Waals surface area contributed by atoms with E-state index in [1.54, 1.807) is 11.3 Å². The van der Waals surface area contributed by atoms with E-state index in [1.165, 1.54) is 36.7 Å². The van der Waals surface area contributed by atoms with Crippen LogP contribution in [0, 0.1) is 0 Å². The number of furan rings is 1. The highest BCUT2D eigenvalue weighted by Gasteiger charge is 2.18. The molecule has 0 saturated carbocycles. The van der Waals surface area contributed by atoms with Gasteiger partial charge in [-0.3, -0.25) is 4.90 Å². The summed E-state index contributed by atoms with van der Waals surface area (Å²) in [6.45, 7) is 0. The third-order valence-corrected chi connectivity index (χ3v) is 10.6. The van der Waals surface area contributed by atoms with E-state index in [1.807, 2.05) is 12.1 Å². The number of aromatic nitrogens is 1. The first-order valence-electron chi connectivity index (χ1n) is 16.5. The van der Waals surface area contributed by atoms with E-state index in [9.17, 15) is 0 Å². The van der Waals surface area contributed by atoms with Crippen molar-refractivity contribution in [3.63, 3.8) is 0 Å². The molecule has 0 aliphatic rings. The SMILES string of the molecule is c1ccc(-c2ccc(N(c3ccc(-c4cccc5c4oc4ccccc45)cc3)c3ccc4sc5cc6ccccc6cc5c4n3)cc2)cc1. The fourth-order valence-electron chi connectivity index (χ4n) is 7.06. The molecular formula is C45H28N2OS. The van der Waals surface area contributed by atoms with Crippen LogP contribution in [-0.2, 0) is 0 Å². The highest BCUT2D eigenvalue weighted by Crippen LogP contribution is 2.41. The molecule has 3 heterocycles. The molecule has 0 atom stereocenters. The molecule has 3 nitrogen and oxygen atoms in total. The van der Waals surface area contributed by atoms with Crippen LogP contribution in [0.5, 0.6) is 0 Å². The molecule has 0 radical (unpaired) electrons. The van der Waals surface area contributed by atoms with Gasteiger partial charge in [-0.2, -0.15) is 0 Å². The smallest absolute Gasteiger partial charge is 0.143 e. The van der Waals surface area contributed by atoms with E-state index in [2.05, 4.69) is 163 Å². The molecule has 3 aromatic heterocycles. The van der Waals surface area contributed by atoms with Gasteiger partial charge in [0.2, 0.25) is 0 Å². The molecule has 0 aliphatic heterocycles. The number of rotatable bonds is 5. The maximum absolute atomic E-state index is 6.38. The second-order valence-corrected chi connectivity index (χ2v) is 13.5. The lowest BCUT2D eigenvalue weighted by molar-refractivity contribution is 0.670. The fourth-order valence-corrected chi connectivity index (χ4v) is 8.13. The minimum Gasteiger partial charge on any atom is -0.455 e. The minimum absolute atomic E-state index is 0.875. The van der Waals surface area contributed by atoms with Gasteiger partial charge in [0.15, 0.2) is 0 Å². The number of hydrogen-bond donors (Lipinski definition) is 0. The topological polar surface area (TPSA) is 29.3 Å². The first-order valence-corrected chi connectivity index (χ1v) is 17.3. The minimum atomic E-state index is 0.875. The zero-order valence-corrected chi connectivity index (χ0v) is 27.2. The lowest BCUT2D eigenvalue weighted by Gasteiger charge is -2.25. The van der Waals surface area contributed by atoms with Crippen LogP contribution in [0.15, 0.2) is 174 Å². The van der Waals surface area contributed by atoms with Gasteiger partial charge in [0.1, 0.15) is 17.0 Å². The maximum atomic E-state index is 6.38. The maximum Gasteiger partial charge on any atom is 0.143 e. The molecule has 0 N–H and O–H groups in total. The van der Waals surface area contributed by atoms with Crippen LogP contribution in [0.4, 0.5) is 17.2 Å². The lowest BCUT2D eigenvalue weighted by atomic mass is 10.0. The van der Waals surface area contributed by atoms with Crippen molar-refractivity contribution in [2.45, 2.75) is 0 Å². The molecule has 230 valence electrons. The van der Waals surface area contributed by atoms with Crippen LogP contribution < -0.4 is 4.90 Å². The molecule has 0 unspecified atom stereocenters. The van der Waals surface area contributed by atoms with Gasteiger partial charge >= 0.3 is 0 Å². The van der Waals surface area contributed by atoms with Crippen LogP contribution in [0.3, 0.4) is 0 Å². The van der Waals surface area contributed by atoms with Crippen molar-refractivity contribution in [3.8, 4) is 22.3 Å². The van der Waals surface area contributed by atoms with Gasteiger partial charge in [-0.05, 0) is 82.1 Å². The average Bonchev–Trinajstić information content (AvgIpc) is 3.73. The summed E-state index contributed by atoms with van der Waals surface area (Å²) in [6, 6.07) is 60.1. The van der Waals surface area contributed by atoms with Crippen LogP contribution >= 0.6 is 11.3 Å². The monoisotopic (exact) mass is 644 g/mol. The van der Waals surface area contributed by atoms with Crippen LogP contribution in [0.2, 0.25) is 0 Å². The zero-order chi connectivity index (χ0) is 32.3. The van der Waals surface area contributed by atoms with Crippen molar-refractivity contribution < 1.29 is 4.42 Å². The molecular weight excluding hydrogens is 617 g/mol. The summed E-state index contributed by atoms with van der Waals surface area (Å²) in [6.07, 6.45) is 0. The van der Waals surface area contributed by atoms with E-state index in [0.29, 0.717) is 0 Å². The first-order chi connectivity index (χ1) is 24.3. The molecule has 0 aliphatic carbocycles. The van der Waals surface area contributed by atoms with Crippen molar-refractivity contribution in [1.29, 1.82) is 0 Å². The Kier molecular flexibility index (Phi) is 6.36. The predicted octanol–water partition coefficient (Wildman–Crippen LogP) is 13.3. The van der Waals surface area contributed by atoms with Crippen LogP contribution in [0.25, 0.3) is 75.3 Å². The third kappa shape index (κ3) is 4.68. The first kappa shape index (κ1) is 27.8. The summed E-state index contributed by atoms with van der Waals surface area (Å²) < 4.78 is 8.81. The molecule has 10 aromatic rings. The van der Waals surface area contributed by atoms with E-state index in [0.717, 1.165) is 55.8 Å². The van der Waals surface area contributed by atoms with Gasteiger partial charge in [-0.1, -0.05) is 115 Å². The summed E-state index contributed by atoms with van der Waals surface area (Å²) in [5.74, 6) is 0.875. The van der Waals surface area contributed by atoms with Crippen LogP contribution in [0.1, 0.15) is 0 Å². The molecule has 49 heavy (non-hydrogen) atoms. The van der Waals surface area contributed by atoms with Crippen molar-refractivity contribution in [2.75, 3.05) is 4.90 Å². The highest BCUT2D eigenvalue weighted by atomic mass is 32.1. The van der Waals surface area contributed by atoms with Gasteiger partial charge in [-0.25, -0.2) is 4.98 Å². The van der Waals surface area contributed by atoms with E-state index < -0.39 is 0 Å². The Morgan fingerprint density at radius 3 is 1.92 bits per heavy atom. The fraction of sp³-hybridized carbons (Fsp3) is 0. The molecule has 0 fully saturated rings. The van der Waals surface area contributed by atoms with Gasteiger partial charge < -0.3 is 4.42 Å². The molecule has 0 amide bonds. The largest absolute Gasteiger partial charge is 0.455 e. The Hall–Kier alpha value is -6.23. The van der Waals surface area contributed by atoms with Crippen molar-refractivity contribution >= 4 is 81.5 Å². The van der Waals surface area contributed by atoms with Gasteiger partial charge in [0, 0.05) is 37.8 Å². The Morgan fingerprint density at radius 2 is 1.12 bits per heavy atom. The van der Waals surface area contributed by atoms with E-state index in [4.69, 9.17) is 9.40 Å². The molecule has 7 aromatic carbocycles. The molecule has 0 spiro atoms. The quantitative estimate of drug-likeness (QED) is 0.187. The molecule has 10 rings (SSSR count). The van der Waals surface area contributed by atoms with E-state index >= 15 is 0 Å². The number of benzene rings is 7. The third-order valence-electron chi connectivity index (χ3n) is 9.47.